The molecule has 1 heterocycles. The lowest BCUT2D eigenvalue weighted by atomic mass is 9.71. The van der Waals surface area contributed by atoms with Crippen molar-refractivity contribution < 1.29 is 0 Å². The topological polar surface area (TPSA) is 15.3 Å². The molecule has 0 spiro atoms. The van der Waals surface area contributed by atoms with E-state index in [1.807, 2.05) is 11.3 Å². The van der Waals surface area contributed by atoms with Crippen LogP contribution in [0.4, 0.5) is 0 Å². The predicted octanol–water partition coefficient (Wildman–Crippen LogP) is 3.52. The molecule has 18 heavy (non-hydrogen) atoms. The smallest absolute Gasteiger partial charge is 0.0599 e. The highest BCUT2D eigenvalue weighted by molar-refractivity contribution is 7.10. The first-order valence-electron chi connectivity index (χ1n) is 6.98. The van der Waals surface area contributed by atoms with E-state index in [-0.39, 0.29) is 5.54 Å². The van der Waals surface area contributed by atoms with E-state index in [0.29, 0.717) is 6.04 Å². The highest BCUT2D eigenvalue weighted by atomic mass is 32.1. The molecule has 3 unspecified atom stereocenters. The van der Waals surface area contributed by atoms with Crippen LogP contribution in [0.5, 0.6) is 0 Å². The highest BCUT2D eigenvalue weighted by Gasteiger charge is 2.44. The van der Waals surface area contributed by atoms with Crippen LogP contribution in [0.3, 0.4) is 0 Å². The molecule has 2 rings (SSSR count). The summed E-state index contributed by atoms with van der Waals surface area (Å²) >= 11 is 1.88. The second-order valence-corrected chi connectivity index (χ2v) is 6.92. The molecule has 102 valence electrons. The van der Waals surface area contributed by atoms with Crippen molar-refractivity contribution in [2.45, 2.75) is 44.2 Å². The molecule has 0 saturated heterocycles. The summed E-state index contributed by atoms with van der Waals surface area (Å²) < 4.78 is 0. The van der Waals surface area contributed by atoms with Crippen molar-refractivity contribution in [3.8, 4) is 0 Å². The van der Waals surface area contributed by atoms with Gasteiger partial charge in [0.1, 0.15) is 0 Å². The van der Waals surface area contributed by atoms with E-state index in [0.717, 1.165) is 5.92 Å². The fourth-order valence-corrected chi connectivity index (χ4v) is 4.57. The Bertz CT molecular complexity index is 361. The highest BCUT2D eigenvalue weighted by Crippen LogP contribution is 2.44. The molecular weight excluding hydrogens is 240 g/mol. The average Bonchev–Trinajstić information content (AvgIpc) is 2.83. The van der Waals surface area contributed by atoms with Crippen molar-refractivity contribution in [2.24, 2.45) is 5.92 Å². The Hall–Kier alpha value is -0.380. The van der Waals surface area contributed by atoms with Gasteiger partial charge in [-0.15, -0.1) is 11.3 Å². The molecule has 1 aromatic rings. The summed E-state index contributed by atoms with van der Waals surface area (Å²) in [7, 11) is 6.60. The van der Waals surface area contributed by atoms with E-state index in [1.54, 1.807) is 0 Å². The van der Waals surface area contributed by atoms with Crippen molar-refractivity contribution in [3.63, 3.8) is 0 Å². The molecule has 0 aliphatic heterocycles. The number of thiophene rings is 1. The Morgan fingerprint density at radius 3 is 2.78 bits per heavy atom. The van der Waals surface area contributed by atoms with Gasteiger partial charge < -0.3 is 10.2 Å². The van der Waals surface area contributed by atoms with E-state index >= 15 is 0 Å². The third kappa shape index (κ3) is 2.49. The minimum absolute atomic E-state index is 0.275. The molecule has 0 amide bonds. The molecule has 1 N–H and O–H groups in total. The number of likely N-dealkylation sites (N-methyl/N-ethyl adjacent to an activating group) is 2. The largest absolute Gasteiger partial charge is 0.311 e. The summed E-state index contributed by atoms with van der Waals surface area (Å²) in [5.41, 5.74) is 0.275. The predicted molar refractivity (Wildman–Crippen MR) is 80.2 cm³/mol. The fourth-order valence-electron chi connectivity index (χ4n) is 3.62. The van der Waals surface area contributed by atoms with Crippen molar-refractivity contribution in [2.75, 3.05) is 21.1 Å². The van der Waals surface area contributed by atoms with Crippen LogP contribution in [0.25, 0.3) is 0 Å². The van der Waals surface area contributed by atoms with Gasteiger partial charge in [-0.05, 0) is 51.3 Å². The van der Waals surface area contributed by atoms with Crippen molar-refractivity contribution in [1.82, 2.24) is 10.2 Å². The molecule has 3 atom stereocenters. The summed E-state index contributed by atoms with van der Waals surface area (Å²) in [6.45, 7) is 2.40. The first-order chi connectivity index (χ1) is 8.60. The third-order valence-electron chi connectivity index (χ3n) is 4.55. The maximum Gasteiger partial charge on any atom is 0.0599 e. The van der Waals surface area contributed by atoms with Gasteiger partial charge in [-0.2, -0.15) is 0 Å². The van der Waals surface area contributed by atoms with E-state index in [2.05, 4.69) is 55.8 Å². The van der Waals surface area contributed by atoms with Crippen LogP contribution in [0.1, 0.15) is 43.5 Å². The standard InChI is InChI=1S/C15H26N2S/c1-12-7-5-9-15(11-12,17(3)4)14(16-2)13-8-6-10-18-13/h6,8,10,12,14,16H,5,7,9,11H2,1-4H3. The summed E-state index contributed by atoms with van der Waals surface area (Å²) in [4.78, 5) is 3.93. The molecule has 0 aromatic carbocycles. The zero-order valence-electron chi connectivity index (χ0n) is 12.1. The molecule has 2 nitrogen and oxygen atoms in total. The molecule has 1 aliphatic rings. The maximum atomic E-state index is 3.59. The Labute approximate surface area is 115 Å². The van der Waals surface area contributed by atoms with E-state index in [9.17, 15) is 0 Å². The third-order valence-corrected chi connectivity index (χ3v) is 5.49. The maximum absolute atomic E-state index is 3.59. The lowest BCUT2D eigenvalue weighted by Gasteiger charge is -2.50. The Morgan fingerprint density at radius 1 is 1.50 bits per heavy atom. The Balaban J connectivity index is 2.33. The Morgan fingerprint density at radius 2 is 2.28 bits per heavy atom. The Kier molecular flexibility index (Phi) is 4.46. The van der Waals surface area contributed by atoms with Crippen LogP contribution in [0.15, 0.2) is 17.5 Å². The molecule has 1 fully saturated rings. The first kappa shape index (κ1) is 14.0. The molecule has 1 aliphatic carbocycles. The quantitative estimate of drug-likeness (QED) is 0.897. The number of nitrogens with one attached hydrogen (secondary N) is 1. The molecule has 3 heteroatoms. The lowest BCUT2D eigenvalue weighted by Crippen LogP contribution is -2.55. The monoisotopic (exact) mass is 266 g/mol. The summed E-state index contributed by atoms with van der Waals surface area (Å²) in [5.74, 6) is 0.831. The average molecular weight is 266 g/mol. The number of hydrogen-bond donors (Lipinski definition) is 1. The number of hydrogen-bond acceptors (Lipinski definition) is 3. The van der Waals surface area contributed by atoms with Gasteiger partial charge in [0.25, 0.3) is 0 Å². The van der Waals surface area contributed by atoms with Gasteiger partial charge in [0.2, 0.25) is 0 Å². The molecule has 0 radical (unpaired) electrons. The fraction of sp³-hybridized carbons (Fsp3) is 0.733. The van der Waals surface area contributed by atoms with Crippen LogP contribution in [-0.4, -0.2) is 31.6 Å². The van der Waals surface area contributed by atoms with E-state index in [4.69, 9.17) is 0 Å². The minimum atomic E-state index is 0.275. The van der Waals surface area contributed by atoms with E-state index in [1.165, 1.54) is 30.6 Å². The molecule has 1 aromatic heterocycles. The van der Waals surface area contributed by atoms with Crippen molar-refractivity contribution in [3.05, 3.63) is 22.4 Å². The van der Waals surface area contributed by atoms with Gasteiger partial charge in [0.15, 0.2) is 0 Å². The zero-order valence-corrected chi connectivity index (χ0v) is 12.9. The van der Waals surface area contributed by atoms with Gasteiger partial charge in [0.05, 0.1) is 6.04 Å². The lowest BCUT2D eigenvalue weighted by molar-refractivity contribution is 0.0404. The van der Waals surface area contributed by atoms with Gasteiger partial charge >= 0.3 is 0 Å². The van der Waals surface area contributed by atoms with Crippen LogP contribution in [0, 0.1) is 5.92 Å². The molecule has 0 bridgehead atoms. The van der Waals surface area contributed by atoms with Crippen LogP contribution in [0.2, 0.25) is 0 Å². The number of nitrogens with zero attached hydrogens (tertiary/aromatic N) is 1. The van der Waals surface area contributed by atoms with Crippen LogP contribution in [-0.2, 0) is 0 Å². The summed E-state index contributed by atoms with van der Waals surface area (Å²) in [6.07, 6.45) is 5.33. The van der Waals surface area contributed by atoms with Gasteiger partial charge in [0, 0.05) is 10.4 Å². The normalized spacial score (nSPS) is 30.6. The first-order valence-corrected chi connectivity index (χ1v) is 7.86. The zero-order chi connectivity index (χ0) is 13.2. The molecule has 1 saturated carbocycles. The summed E-state index contributed by atoms with van der Waals surface area (Å²) in [5, 5.41) is 5.78. The van der Waals surface area contributed by atoms with Crippen LogP contribution >= 0.6 is 11.3 Å². The van der Waals surface area contributed by atoms with Crippen molar-refractivity contribution in [1.29, 1.82) is 0 Å². The van der Waals surface area contributed by atoms with Gasteiger partial charge in [-0.3, -0.25) is 0 Å². The summed E-state index contributed by atoms with van der Waals surface area (Å²) in [6, 6.07) is 4.89. The second-order valence-electron chi connectivity index (χ2n) is 5.94. The van der Waals surface area contributed by atoms with Crippen LogP contribution < -0.4 is 5.32 Å². The van der Waals surface area contributed by atoms with E-state index < -0.39 is 0 Å². The SMILES string of the molecule is CNC(c1cccs1)C1(N(C)C)CCCC(C)C1. The number of rotatable bonds is 4. The van der Waals surface area contributed by atoms with Crippen molar-refractivity contribution >= 4 is 11.3 Å². The van der Waals surface area contributed by atoms with Gasteiger partial charge in [-0.25, -0.2) is 0 Å². The van der Waals surface area contributed by atoms with Gasteiger partial charge in [-0.1, -0.05) is 25.8 Å². The minimum Gasteiger partial charge on any atom is -0.311 e. The second kappa shape index (κ2) is 5.72. The molecular formula is C15H26N2S.